The average Bonchev–Trinajstić information content (AvgIpc) is 2.71. The number of rotatable bonds is 6. The van der Waals surface area contributed by atoms with E-state index in [1.165, 1.54) is 10.6 Å². The zero-order valence-corrected chi connectivity index (χ0v) is 12.3. The Morgan fingerprint density at radius 2 is 2.21 bits per heavy atom. The third-order valence-electron chi connectivity index (χ3n) is 3.14. The summed E-state index contributed by atoms with van der Waals surface area (Å²) in [5.74, 6) is 0. The number of aromatic nitrogens is 1. The molecule has 2 amide bonds. The predicted octanol–water partition coefficient (Wildman–Crippen LogP) is 1.37. The third kappa shape index (κ3) is 5.34. The van der Waals surface area contributed by atoms with Gasteiger partial charge in [0.25, 0.3) is 0 Å². The van der Waals surface area contributed by atoms with Crippen LogP contribution in [0.15, 0.2) is 18.3 Å². The quantitative estimate of drug-likeness (QED) is 0.818. The van der Waals surface area contributed by atoms with Crippen molar-refractivity contribution in [2.24, 2.45) is 7.05 Å². The molecule has 2 N–H and O–H groups in total. The first-order valence-corrected chi connectivity index (χ1v) is 6.70. The molecule has 5 nitrogen and oxygen atoms in total. The summed E-state index contributed by atoms with van der Waals surface area (Å²) in [7, 11) is 3.71. The van der Waals surface area contributed by atoms with Crippen LogP contribution in [0.2, 0.25) is 0 Å². The Hall–Kier alpha value is -1.49. The maximum Gasteiger partial charge on any atom is 0.317 e. The van der Waals surface area contributed by atoms with E-state index >= 15 is 0 Å². The van der Waals surface area contributed by atoms with Crippen molar-refractivity contribution in [2.45, 2.75) is 38.8 Å². The fourth-order valence-corrected chi connectivity index (χ4v) is 1.99. The summed E-state index contributed by atoms with van der Waals surface area (Å²) in [5, 5.41) is 12.2. The number of urea groups is 1. The van der Waals surface area contributed by atoms with Gasteiger partial charge in [-0.25, -0.2) is 4.79 Å². The zero-order chi connectivity index (χ0) is 14.4. The van der Waals surface area contributed by atoms with Crippen molar-refractivity contribution < 1.29 is 9.90 Å². The van der Waals surface area contributed by atoms with Crippen LogP contribution in [-0.4, -0.2) is 46.3 Å². The number of likely N-dealkylation sites (N-methyl/N-ethyl adjacent to an activating group) is 1. The van der Waals surface area contributed by atoms with E-state index in [1.54, 1.807) is 14.0 Å². The van der Waals surface area contributed by atoms with Crippen LogP contribution in [0.5, 0.6) is 0 Å². The lowest BCUT2D eigenvalue weighted by atomic mass is 10.1. The molecule has 0 saturated heterocycles. The van der Waals surface area contributed by atoms with Gasteiger partial charge >= 0.3 is 6.03 Å². The van der Waals surface area contributed by atoms with Crippen LogP contribution in [0, 0.1) is 0 Å². The van der Waals surface area contributed by atoms with E-state index in [2.05, 4.69) is 16.0 Å². The minimum absolute atomic E-state index is 0.110. The molecule has 0 aliphatic rings. The van der Waals surface area contributed by atoms with Crippen LogP contribution in [-0.2, 0) is 13.5 Å². The molecule has 0 radical (unpaired) electrons. The van der Waals surface area contributed by atoms with Crippen molar-refractivity contribution in [1.29, 1.82) is 0 Å². The molecular weight excluding hydrogens is 242 g/mol. The van der Waals surface area contributed by atoms with Crippen molar-refractivity contribution in [3.8, 4) is 0 Å². The number of nitrogens with zero attached hydrogens (tertiary/aromatic N) is 2. The monoisotopic (exact) mass is 267 g/mol. The molecule has 0 saturated carbocycles. The van der Waals surface area contributed by atoms with E-state index in [1.807, 2.05) is 26.2 Å². The number of aliphatic hydroxyl groups excluding tert-OH is 1. The Morgan fingerprint density at radius 3 is 2.74 bits per heavy atom. The molecular formula is C14H25N3O2. The summed E-state index contributed by atoms with van der Waals surface area (Å²) in [5.41, 5.74) is 1.26. The molecule has 5 heteroatoms. The number of carbonyl (C=O) groups is 1. The Balaban J connectivity index is 2.32. The number of aryl methyl sites for hydroxylation is 2. The highest BCUT2D eigenvalue weighted by atomic mass is 16.3. The molecule has 0 bridgehead atoms. The van der Waals surface area contributed by atoms with Crippen LogP contribution >= 0.6 is 0 Å². The van der Waals surface area contributed by atoms with Crippen molar-refractivity contribution >= 4 is 6.03 Å². The molecule has 0 spiro atoms. The van der Waals surface area contributed by atoms with Gasteiger partial charge < -0.3 is 19.9 Å². The van der Waals surface area contributed by atoms with Gasteiger partial charge in [-0.2, -0.15) is 0 Å². The molecule has 0 fully saturated rings. The molecule has 1 rings (SSSR count). The van der Waals surface area contributed by atoms with Gasteiger partial charge in [-0.3, -0.25) is 0 Å². The second kappa shape index (κ2) is 7.19. The van der Waals surface area contributed by atoms with Crippen LogP contribution in [0.1, 0.15) is 26.0 Å². The van der Waals surface area contributed by atoms with Gasteiger partial charge in [0, 0.05) is 38.6 Å². The van der Waals surface area contributed by atoms with Crippen LogP contribution in [0.25, 0.3) is 0 Å². The van der Waals surface area contributed by atoms with Crippen LogP contribution < -0.4 is 5.32 Å². The van der Waals surface area contributed by atoms with Crippen LogP contribution in [0.3, 0.4) is 0 Å². The van der Waals surface area contributed by atoms with E-state index in [0.717, 1.165) is 12.8 Å². The van der Waals surface area contributed by atoms with Gasteiger partial charge in [0.2, 0.25) is 0 Å². The Morgan fingerprint density at radius 1 is 1.53 bits per heavy atom. The number of hydrogen-bond acceptors (Lipinski definition) is 2. The molecule has 1 aromatic heterocycles. The highest BCUT2D eigenvalue weighted by Crippen LogP contribution is 2.05. The number of carbonyl (C=O) groups excluding carboxylic acids is 1. The first kappa shape index (κ1) is 15.6. The Kier molecular flexibility index (Phi) is 5.89. The second-order valence-electron chi connectivity index (χ2n) is 5.23. The predicted molar refractivity (Wildman–Crippen MR) is 76.0 cm³/mol. The molecule has 0 aromatic carbocycles. The molecule has 2 unspecified atom stereocenters. The van der Waals surface area contributed by atoms with E-state index in [0.29, 0.717) is 6.54 Å². The first-order chi connectivity index (χ1) is 8.90. The van der Waals surface area contributed by atoms with Gasteiger partial charge in [-0.15, -0.1) is 0 Å². The molecule has 19 heavy (non-hydrogen) atoms. The molecule has 0 aliphatic heterocycles. The number of aliphatic hydroxyl groups is 1. The van der Waals surface area contributed by atoms with E-state index in [-0.39, 0.29) is 12.1 Å². The maximum atomic E-state index is 11.8. The Labute approximate surface area is 115 Å². The molecule has 0 aliphatic carbocycles. The lowest BCUT2D eigenvalue weighted by Crippen LogP contribution is -2.44. The minimum Gasteiger partial charge on any atom is -0.392 e. The second-order valence-corrected chi connectivity index (χ2v) is 5.23. The lowest BCUT2D eigenvalue weighted by molar-refractivity contribution is 0.142. The maximum absolute atomic E-state index is 11.8. The summed E-state index contributed by atoms with van der Waals surface area (Å²) >= 11 is 0. The largest absolute Gasteiger partial charge is 0.392 e. The fourth-order valence-electron chi connectivity index (χ4n) is 1.99. The van der Waals surface area contributed by atoms with Crippen molar-refractivity contribution in [2.75, 3.05) is 13.6 Å². The number of nitrogens with one attached hydrogen (secondary N) is 1. The summed E-state index contributed by atoms with van der Waals surface area (Å²) in [6, 6.07) is 4.09. The van der Waals surface area contributed by atoms with Gasteiger partial charge in [0.05, 0.1) is 6.10 Å². The molecule has 1 heterocycles. The summed E-state index contributed by atoms with van der Waals surface area (Å²) in [4.78, 5) is 13.3. The molecule has 2 atom stereocenters. The van der Waals surface area contributed by atoms with E-state index < -0.39 is 6.10 Å². The summed E-state index contributed by atoms with van der Waals surface area (Å²) < 4.78 is 2.09. The number of amides is 2. The third-order valence-corrected chi connectivity index (χ3v) is 3.14. The highest BCUT2D eigenvalue weighted by molar-refractivity contribution is 5.74. The van der Waals surface area contributed by atoms with Gasteiger partial charge in [-0.05, 0) is 38.8 Å². The van der Waals surface area contributed by atoms with Gasteiger partial charge in [0.15, 0.2) is 0 Å². The Bertz CT molecular complexity index is 401. The van der Waals surface area contributed by atoms with Crippen molar-refractivity contribution in [3.05, 3.63) is 24.0 Å². The average molecular weight is 267 g/mol. The van der Waals surface area contributed by atoms with Gasteiger partial charge in [0.1, 0.15) is 0 Å². The smallest absolute Gasteiger partial charge is 0.317 e. The topological polar surface area (TPSA) is 57.5 Å². The van der Waals surface area contributed by atoms with E-state index in [4.69, 9.17) is 0 Å². The zero-order valence-electron chi connectivity index (χ0n) is 12.3. The number of hydrogen-bond donors (Lipinski definition) is 2. The molecule has 1 aromatic rings. The van der Waals surface area contributed by atoms with Crippen molar-refractivity contribution in [1.82, 2.24) is 14.8 Å². The minimum atomic E-state index is -0.505. The van der Waals surface area contributed by atoms with Crippen molar-refractivity contribution in [3.63, 3.8) is 0 Å². The van der Waals surface area contributed by atoms with Gasteiger partial charge in [-0.1, -0.05) is 0 Å². The summed E-state index contributed by atoms with van der Waals surface area (Å²) in [6.07, 6.45) is 3.35. The molecule has 108 valence electrons. The normalized spacial score (nSPS) is 13.9. The van der Waals surface area contributed by atoms with E-state index in [9.17, 15) is 9.90 Å². The standard InChI is InChI=1S/C14H25N3O2/c1-11(7-8-13-6-5-9-16(13)3)15-14(19)17(4)10-12(2)18/h5-6,9,11-12,18H,7-8,10H2,1-4H3,(H,15,19). The summed E-state index contributed by atoms with van der Waals surface area (Å²) in [6.45, 7) is 4.01. The highest BCUT2D eigenvalue weighted by Gasteiger charge is 2.13. The fraction of sp³-hybridized carbons (Fsp3) is 0.643. The lowest BCUT2D eigenvalue weighted by Gasteiger charge is -2.22. The SMILES string of the molecule is CC(O)CN(C)C(=O)NC(C)CCc1cccn1C. The van der Waals surface area contributed by atoms with Crippen LogP contribution in [0.4, 0.5) is 4.79 Å². The first-order valence-electron chi connectivity index (χ1n) is 6.70.